The van der Waals surface area contributed by atoms with E-state index >= 15 is 0 Å². The average Bonchev–Trinajstić information content (AvgIpc) is 2.90. The van der Waals surface area contributed by atoms with Crippen molar-refractivity contribution in [3.63, 3.8) is 0 Å². The first-order chi connectivity index (χ1) is 11.6. The fourth-order valence-electron chi connectivity index (χ4n) is 3.38. The lowest BCUT2D eigenvalue weighted by molar-refractivity contribution is -0.0833. The van der Waals surface area contributed by atoms with Crippen LogP contribution in [0.2, 0.25) is 0 Å². The molecule has 24 heavy (non-hydrogen) atoms. The number of aromatic nitrogens is 1. The standard InChI is InChI=1S/C18H25N3O3/c1-12-9-21(10-14(11-22)24-12)18(23)19-8-7-15-13(2)20-17-6-4-3-5-16(15)17/h3-6,12,14,20,22H,7-11H2,1-2H3,(H,19,23)/t12-,14-/m1/s1. The van der Waals surface area contributed by atoms with Gasteiger partial charge in [-0.05, 0) is 31.9 Å². The van der Waals surface area contributed by atoms with Crippen molar-refractivity contribution in [3.05, 3.63) is 35.5 Å². The normalized spacial score (nSPS) is 21.2. The zero-order valence-electron chi connectivity index (χ0n) is 14.2. The summed E-state index contributed by atoms with van der Waals surface area (Å²) in [6, 6.07) is 8.11. The van der Waals surface area contributed by atoms with Gasteiger partial charge in [0, 0.05) is 29.7 Å². The molecule has 1 aromatic carbocycles. The van der Waals surface area contributed by atoms with E-state index in [1.807, 2.05) is 19.1 Å². The van der Waals surface area contributed by atoms with E-state index in [-0.39, 0.29) is 24.8 Å². The SMILES string of the molecule is Cc1[nH]c2ccccc2c1CCNC(=O)N1C[C@H](CO)O[C@H](C)C1. The second kappa shape index (κ2) is 7.23. The number of nitrogens with zero attached hydrogens (tertiary/aromatic N) is 1. The predicted octanol–water partition coefficient (Wildman–Crippen LogP) is 1.81. The van der Waals surface area contributed by atoms with E-state index in [4.69, 9.17) is 4.74 Å². The van der Waals surface area contributed by atoms with Crippen LogP contribution in [-0.4, -0.2) is 59.5 Å². The molecule has 0 bridgehead atoms. The Balaban J connectivity index is 1.57. The summed E-state index contributed by atoms with van der Waals surface area (Å²) in [5.74, 6) is 0. The molecule has 6 nitrogen and oxygen atoms in total. The van der Waals surface area contributed by atoms with Crippen LogP contribution in [0.3, 0.4) is 0 Å². The third-order valence-electron chi connectivity index (χ3n) is 4.50. The maximum atomic E-state index is 12.4. The summed E-state index contributed by atoms with van der Waals surface area (Å²) in [7, 11) is 0. The van der Waals surface area contributed by atoms with E-state index in [1.54, 1.807) is 4.90 Å². The van der Waals surface area contributed by atoms with Crippen LogP contribution in [0.1, 0.15) is 18.2 Å². The Morgan fingerprint density at radius 2 is 2.21 bits per heavy atom. The first kappa shape index (κ1) is 16.8. The van der Waals surface area contributed by atoms with Crippen molar-refractivity contribution in [3.8, 4) is 0 Å². The third-order valence-corrected chi connectivity index (χ3v) is 4.50. The number of carbonyl (C=O) groups excluding carboxylic acids is 1. The highest BCUT2D eigenvalue weighted by molar-refractivity contribution is 5.84. The molecule has 0 radical (unpaired) electrons. The van der Waals surface area contributed by atoms with E-state index in [1.165, 1.54) is 10.9 Å². The minimum atomic E-state index is -0.296. The highest BCUT2D eigenvalue weighted by Gasteiger charge is 2.27. The Bertz CT molecular complexity index is 713. The van der Waals surface area contributed by atoms with Crippen molar-refractivity contribution in [2.75, 3.05) is 26.2 Å². The number of aliphatic hydroxyl groups is 1. The summed E-state index contributed by atoms with van der Waals surface area (Å²) in [6.45, 7) is 5.47. The molecule has 3 rings (SSSR count). The maximum absolute atomic E-state index is 12.4. The van der Waals surface area contributed by atoms with Crippen molar-refractivity contribution >= 4 is 16.9 Å². The van der Waals surface area contributed by atoms with Gasteiger partial charge in [0.25, 0.3) is 0 Å². The molecule has 1 fully saturated rings. The number of hydrogen-bond acceptors (Lipinski definition) is 3. The van der Waals surface area contributed by atoms with Crippen LogP contribution in [0.25, 0.3) is 10.9 Å². The van der Waals surface area contributed by atoms with E-state index in [2.05, 4.69) is 29.4 Å². The first-order valence-electron chi connectivity index (χ1n) is 8.43. The van der Waals surface area contributed by atoms with Crippen molar-refractivity contribution in [1.29, 1.82) is 0 Å². The number of nitrogens with one attached hydrogen (secondary N) is 2. The Morgan fingerprint density at radius 3 is 3.00 bits per heavy atom. The van der Waals surface area contributed by atoms with E-state index < -0.39 is 0 Å². The van der Waals surface area contributed by atoms with Crippen LogP contribution in [0.5, 0.6) is 0 Å². The highest BCUT2D eigenvalue weighted by Crippen LogP contribution is 2.22. The molecule has 0 unspecified atom stereocenters. The van der Waals surface area contributed by atoms with E-state index in [9.17, 15) is 9.90 Å². The molecule has 1 aliphatic rings. The van der Waals surface area contributed by atoms with Crippen molar-refractivity contribution in [1.82, 2.24) is 15.2 Å². The number of amides is 2. The number of morpholine rings is 1. The zero-order chi connectivity index (χ0) is 17.1. The molecule has 130 valence electrons. The number of aliphatic hydroxyl groups excluding tert-OH is 1. The maximum Gasteiger partial charge on any atom is 0.317 e. The summed E-state index contributed by atoms with van der Waals surface area (Å²) >= 11 is 0. The number of fused-ring (bicyclic) bond motifs is 1. The highest BCUT2D eigenvalue weighted by atomic mass is 16.5. The second-order valence-electron chi connectivity index (χ2n) is 6.41. The molecule has 2 heterocycles. The first-order valence-corrected chi connectivity index (χ1v) is 8.43. The van der Waals surface area contributed by atoms with Crippen LogP contribution in [-0.2, 0) is 11.2 Å². The Hall–Kier alpha value is -2.05. The number of aryl methyl sites for hydroxylation is 1. The zero-order valence-corrected chi connectivity index (χ0v) is 14.2. The van der Waals surface area contributed by atoms with Gasteiger partial charge in [0.05, 0.1) is 25.4 Å². The predicted molar refractivity (Wildman–Crippen MR) is 93.1 cm³/mol. The van der Waals surface area contributed by atoms with Crippen LogP contribution in [0.15, 0.2) is 24.3 Å². The largest absolute Gasteiger partial charge is 0.394 e. The van der Waals surface area contributed by atoms with Crippen molar-refractivity contribution in [2.45, 2.75) is 32.5 Å². The van der Waals surface area contributed by atoms with Crippen LogP contribution < -0.4 is 5.32 Å². The number of ether oxygens (including phenoxy) is 1. The Kier molecular flexibility index (Phi) is 5.06. The fraction of sp³-hybridized carbons (Fsp3) is 0.500. The summed E-state index contributed by atoms with van der Waals surface area (Å²) in [6.07, 6.45) is 0.429. The molecule has 1 aliphatic heterocycles. The molecule has 2 aromatic rings. The van der Waals surface area contributed by atoms with E-state index in [0.717, 1.165) is 17.6 Å². The van der Waals surface area contributed by atoms with Gasteiger partial charge in [0.1, 0.15) is 0 Å². The summed E-state index contributed by atoms with van der Waals surface area (Å²) in [4.78, 5) is 17.5. The van der Waals surface area contributed by atoms with Crippen LogP contribution >= 0.6 is 0 Å². The monoisotopic (exact) mass is 331 g/mol. The Morgan fingerprint density at radius 1 is 1.42 bits per heavy atom. The minimum Gasteiger partial charge on any atom is -0.394 e. The molecule has 0 aliphatic carbocycles. The number of hydrogen-bond donors (Lipinski definition) is 3. The van der Waals surface area contributed by atoms with Crippen LogP contribution in [0.4, 0.5) is 4.79 Å². The fourth-order valence-corrected chi connectivity index (χ4v) is 3.38. The van der Waals surface area contributed by atoms with Crippen molar-refractivity contribution in [2.24, 2.45) is 0 Å². The summed E-state index contributed by atoms with van der Waals surface area (Å²) < 4.78 is 5.57. The quantitative estimate of drug-likeness (QED) is 0.799. The smallest absolute Gasteiger partial charge is 0.317 e. The van der Waals surface area contributed by atoms with Gasteiger partial charge < -0.3 is 25.0 Å². The summed E-state index contributed by atoms with van der Waals surface area (Å²) in [5, 5.41) is 13.4. The minimum absolute atomic E-state index is 0.0579. The van der Waals surface area contributed by atoms with Gasteiger partial charge in [-0.3, -0.25) is 0 Å². The molecule has 1 aromatic heterocycles. The lowest BCUT2D eigenvalue weighted by Crippen LogP contribution is -2.53. The molecule has 2 amide bonds. The lowest BCUT2D eigenvalue weighted by Gasteiger charge is -2.36. The van der Waals surface area contributed by atoms with Gasteiger partial charge in [0.2, 0.25) is 0 Å². The number of para-hydroxylation sites is 1. The topological polar surface area (TPSA) is 77.6 Å². The number of aromatic amines is 1. The van der Waals surface area contributed by atoms with E-state index in [0.29, 0.717) is 19.6 Å². The number of benzene rings is 1. The Labute approximate surface area is 141 Å². The van der Waals surface area contributed by atoms with Crippen LogP contribution in [0, 0.1) is 6.92 Å². The molecule has 3 N–H and O–H groups in total. The number of H-pyrrole nitrogens is 1. The van der Waals surface area contributed by atoms with Gasteiger partial charge in [0.15, 0.2) is 0 Å². The molecule has 2 atom stereocenters. The molecular formula is C18H25N3O3. The van der Waals surface area contributed by atoms with Crippen molar-refractivity contribution < 1.29 is 14.6 Å². The average molecular weight is 331 g/mol. The molecule has 1 saturated heterocycles. The second-order valence-corrected chi connectivity index (χ2v) is 6.41. The van der Waals surface area contributed by atoms with Gasteiger partial charge >= 0.3 is 6.03 Å². The van der Waals surface area contributed by atoms with Gasteiger partial charge in [-0.2, -0.15) is 0 Å². The molecular weight excluding hydrogens is 306 g/mol. The number of urea groups is 1. The molecule has 0 spiro atoms. The van der Waals surface area contributed by atoms with Gasteiger partial charge in [-0.1, -0.05) is 18.2 Å². The number of carbonyl (C=O) groups is 1. The molecule has 6 heteroatoms. The van der Waals surface area contributed by atoms with Gasteiger partial charge in [-0.15, -0.1) is 0 Å². The summed E-state index contributed by atoms with van der Waals surface area (Å²) in [5.41, 5.74) is 3.52. The molecule has 0 saturated carbocycles. The number of rotatable bonds is 4. The lowest BCUT2D eigenvalue weighted by atomic mass is 10.1. The third kappa shape index (κ3) is 3.55. The van der Waals surface area contributed by atoms with Gasteiger partial charge in [-0.25, -0.2) is 4.79 Å².